The molecule has 2 aromatic carbocycles. The van der Waals surface area contributed by atoms with E-state index in [0.717, 1.165) is 6.07 Å². The van der Waals surface area contributed by atoms with Gasteiger partial charge in [-0.1, -0.05) is 13.8 Å². The molecule has 8 nitrogen and oxygen atoms in total. The first-order valence-corrected chi connectivity index (χ1v) is 9.59. The monoisotopic (exact) mass is 431 g/mol. The third kappa shape index (κ3) is 5.02. The van der Waals surface area contributed by atoms with E-state index in [1.54, 1.807) is 13.8 Å². The number of anilines is 3. The van der Waals surface area contributed by atoms with Crippen LogP contribution in [0.15, 0.2) is 47.4 Å². The van der Waals surface area contributed by atoms with Crippen LogP contribution in [0.4, 0.5) is 35.9 Å². The number of carbonyl (C=O) groups is 1. The fourth-order valence-electron chi connectivity index (χ4n) is 2.15. The molecule has 156 valence electrons. The Hall–Kier alpha value is -3.15. The molecule has 0 bridgehead atoms. The second-order valence-corrected chi connectivity index (χ2v) is 8.17. The normalized spacial score (nSPS) is 11.9. The number of hydrogen-bond acceptors (Lipinski definition) is 6. The topological polar surface area (TPSA) is 118 Å². The number of nitro groups is 1. The molecular weight excluding hydrogens is 415 g/mol. The molecule has 0 aliphatic rings. The Labute approximate surface area is 163 Å². The summed E-state index contributed by atoms with van der Waals surface area (Å²) in [7, 11) is -5.72. The van der Waals surface area contributed by atoms with Gasteiger partial charge in [-0.05, 0) is 36.4 Å². The van der Waals surface area contributed by atoms with E-state index in [-0.39, 0.29) is 17.5 Å². The fraction of sp³-hybridized carbons (Fsp3) is 0.235. The Kier molecular flexibility index (Phi) is 6.16. The molecule has 29 heavy (non-hydrogen) atoms. The van der Waals surface area contributed by atoms with Crippen molar-refractivity contribution < 1.29 is 31.3 Å². The van der Waals surface area contributed by atoms with Crippen molar-refractivity contribution in [2.24, 2.45) is 5.92 Å². The van der Waals surface area contributed by atoms with E-state index in [2.05, 4.69) is 10.6 Å². The third-order valence-electron chi connectivity index (χ3n) is 3.74. The second-order valence-electron chi connectivity index (χ2n) is 6.23. The quantitative estimate of drug-likeness (QED) is 0.522. The van der Waals surface area contributed by atoms with E-state index < -0.39 is 30.9 Å². The van der Waals surface area contributed by atoms with Gasteiger partial charge in [0.05, 0.1) is 9.82 Å². The van der Waals surface area contributed by atoms with Gasteiger partial charge in [0, 0.05) is 23.4 Å². The maximum Gasteiger partial charge on any atom is 0.501 e. The van der Waals surface area contributed by atoms with E-state index in [0.29, 0.717) is 23.5 Å². The molecule has 0 spiro atoms. The lowest BCUT2D eigenvalue weighted by molar-refractivity contribution is -0.384. The highest BCUT2D eigenvalue weighted by Gasteiger charge is 2.47. The van der Waals surface area contributed by atoms with Crippen LogP contribution < -0.4 is 10.6 Å². The molecule has 12 heteroatoms. The molecule has 0 saturated carbocycles. The standard InChI is InChI=1S/C17H16F3N3O5S/c1-10(2)16(24)22-12-5-3-11(4-6-12)21-14-8-7-13(9-15(14)23(25)26)29(27,28)17(18,19)20/h3-10,21H,1-2H3,(H,22,24). The zero-order chi connectivity index (χ0) is 22.0. The molecule has 0 saturated heterocycles. The first kappa shape index (κ1) is 22.1. The summed E-state index contributed by atoms with van der Waals surface area (Å²) in [4.78, 5) is 20.7. The number of halogens is 3. The molecule has 0 radical (unpaired) electrons. The van der Waals surface area contributed by atoms with Crippen LogP contribution in [0.5, 0.6) is 0 Å². The Balaban J connectivity index is 2.32. The summed E-state index contributed by atoms with van der Waals surface area (Å²) in [5, 5.41) is 16.5. The summed E-state index contributed by atoms with van der Waals surface area (Å²) in [6.07, 6.45) is 0. The maximum atomic E-state index is 12.7. The van der Waals surface area contributed by atoms with Gasteiger partial charge >= 0.3 is 5.51 Å². The zero-order valence-corrected chi connectivity index (χ0v) is 16.0. The number of carbonyl (C=O) groups excluding carboxylic acids is 1. The molecule has 0 aromatic heterocycles. The number of rotatable bonds is 6. The summed E-state index contributed by atoms with van der Waals surface area (Å²) in [6.45, 7) is 3.43. The number of nitro benzene ring substituents is 1. The van der Waals surface area contributed by atoms with Crippen LogP contribution in [0.1, 0.15) is 13.8 Å². The molecule has 0 aliphatic heterocycles. The number of nitrogens with zero attached hydrogens (tertiary/aromatic N) is 1. The van der Waals surface area contributed by atoms with Gasteiger partial charge in [0.15, 0.2) is 0 Å². The van der Waals surface area contributed by atoms with Gasteiger partial charge in [-0.2, -0.15) is 13.2 Å². The minimum absolute atomic E-state index is 0.199. The molecule has 1 amide bonds. The first-order valence-electron chi connectivity index (χ1n) is 8.10. The number of hydrogen-bond donors (Lipinski definition) is 2. The second kappa shape index (κ2) is 8.07. The van der Waals surface area contributed by atoms with E-state index >= 15 is 0 Å². The molecule has 0 fully saturated rings. The minimum Gasteiger partial charge on any atom is -0.350 e. The maximum absolute atomic E-state index is 12.7. The van der Waals surface area contributed by atoms with Crippen molar-refractivity contribution >= 4 is 38.5 Å². The van der Waals surface area contributed by atoms with Gasteiger partial charge in [0.25, 0.3) is 15.5 Å². The predicted molar refractivity (Wildman–Crippen MR) is 99.5 cm³/mol. The highest BCUT2D eigenvalue weighted by Crippen LogP contribution is 2.35. The van der Waals surface area contributed by atoms with Crippen molar-refractivity contribution in [3.63, 3.8) is 0 Å². The van der Waals surface area contributed by atoms with E-state index in [4.69, 9.17) is 0 Å². The molecule has 0 unspecified atom stereocenters. The van der Waals surface area contributed by atoms with Crippen LogP contribution in [0.25, 0.3) is 0 Å². The molecular formula is C17H16F3N3O5S. The minimum atomic E-state index is -5.72. The highest BCUT2D eigenvalue weighted by molar-refractivity contribution is 7.92. The molecule has 0 heterocycles. The number of nitrogens with one attached hydrogen (secondary N) is 2. The Morgan fingerprint density at radius 3 is 2.10 bits per heavy atom. The van der Waals surface area contributed by atoms with Crippen LogP contribution in [-0.4, -0.2) is 24.8 Å². The van der Waals surface area contributed by atoms with Crippen LogP contribution in [0.3, 0.4) is 0 Å². The molecule has 0 atom stereocenters. The molecule has 2 rings (SSSR count). The number of sulfone groups is 1. The summed E-state index contributed by atoms with van der Waals surface area (Å²) in [5.41, 5.74) is -5.80. The smallest absolute Gasteiger partial charge is 0.350 e. The average Bonchev–Trinajstić information content (AvgIpc) is 2.62. The van der Waals surface area contributed by atoms with E-state index in [1.807, 2.05) is 0 Å². The van der Waals surface area contributed by atoms with Gasteiger partial charge < -0.3 is 10.6 Å². The third-order valence-corrected chi connectivity index (χ3v) is 5.22. The number of alkyl halides is 3. The SMILES string of the molecule is CC(C)C(=O)Nc1ccc(Nc2ccc(S(=O)(=O)C(F)(F)F)cc2[N+](=O)[O-])cc1. The number of benzene rings is 2. The van der Waals surface area contributed by atoms with E-state index in [9.17, 15) is 36.5 Å². The van der Waals surface area contributed by atoms with Crippen molar-refractivity contribution in [1.82, 2.24) is 0 Å². The lowest BCUT2D eigenvalue weighted by Gasteiger charge is -2.12. The molecule has 2 N–H and O–H groups in total. The number of amides is 1. The first-order chi connectivity index (χ1) is 13.3. The van der Waals surface area contributed by atoms with Gasteiger partial charge in [-0.25, -0.2) is 8.42 Å². The predicted octanol–water partition coefficient (Wildman–Crippen LogP) is 4.23. The van der Waals surface area contributed by atoms with Gasteiger partial charge in [-0.15, -0.1) is 0 Å². The van der Waals surface area contributed by atoms with Crippen LogP contribution >= 0.6 is 0 Å². The van der Waals surface area contributed by atoms with Crippen LogP contribution in [0.2, 0.25) is 0 Å². The zero-order valence-electron chi connectivity index (χ0n) is 15.1. The Morgan fingerprint density at radius 2 is 1.62 bits per heavy atom. The Morgan fingerprint density at radius 1 is 1.07 bits per heavy atom. The van der Waals surface area contributed by atoms with E-state index in [1.165, 1.54) is 24.3 Å². The summed E-state index contributed by atoms with van der Waals surface area (Å²) in [6, 6.07) is 7.89. The van der Waals surface area contributed by atoms with Crippen molar-refractivity contribution in [2.75, 3.05) is 10.6 Å². The van der Waals surface area contributed by atoms with Gasteiger partial charge in [0.1, 0.15) is 5.69 Å². The average molecular weight is 431 g/mol. The van der Waals surface area contributed by atoms with Gasteiger partial charge in [-0.3, -0.25) is 14.9 Å². The van der Waals surface area contributed by atoms with Crippen molar-refractivity contribution in [3.8, 4) is 0 Å². The van der Waals surface area contributed by atoms with Crippen molar-refractivity contribution in [3.05, 3.63) is 52.6 Å². The lowest BCUT2D eigenvalue weighted by Crippen LogP contribution is -2.23. The largest absolute Gasteiger partial charge is 0.501 e. The van der Waals surface area contributed by atoms with Crippen LogP contribution in [0, 0.1) is 16.0 Å². The lowest BCUT2D eigenvalue weighted by atomic mass is 10.2. The van der Waals surface area contributed by atoms with Gasteiger partial charge in [0.2, 0.25) is 5.91 Å². The summed E-state index contributed by atoms with van der Waals surface area (Å²) < 4.78 is 61.0. The molecule has 0 aliphatic carbocycles. The fourth-order valence-corrected chi connectivity index (χ4v) is 2.93. The van der Waals surface area contributed by atoms with Crippen LogP contribution in [-0.2, 0) is 14.6 Å². The summed E-state index contributed by atoms with van der Waals surface area (Å²) >= 11 is 0. The Bertz CT molecular complexity index is 1040. The van der Waals surface area contributed by atoms with Crippen molar-refractivity contribution in [1.29, 1.82) is 0 Å². The molecule has 2 aromatic rings. The highest BCUT2D eigenvalue weighted by atomic mass is 32.2. The summed E-state index contributed by atoms with van der Waals surface area (Å²) in [5.74, 6) is -0.440. The van der Waals surface area contributed by atoms with Crippen molar-refractivity contribution in [2.45, 2.75) is 24.3 Å².